The highest BCUT2D eigenvalue weighted by Gasteiger charge is 2.38. The average molecular weight is 313 g/mol. The summed E-state index contributed by atoms with van der Waals surface area (Å²) in [5.74, 6) is -0.363. The first kappa shape index (κ1) is 14.7. The normalized spacial score (nSPS) is 18.3. The lowest BCUT2D eigenvalue weighted by Crippen LogP contribution is -2.30. The van der Waals surface area contributed by atoms with E-state index in [1.165, 1.54) is 12.1 Å². The molecule has 0 radical (unpaired) electrons. The Kier molecular flexibility index (Phi) is 3.46. The minimum Gasteiger partial charge on any atom is -0.336 e. The summed E-state index contributed by atoms with van der Waals surface area (Å²) in [6.45, 7) is 0.478. The summed E-state index contributed by atoms with van der Waals surface area (Å²) in [4.78, 5) is 24.3. The maximum absolute atomic E-state index is 13.2. The van der Waals surface area contributed by atoms with E-state index >= 15 is 0 Å². The minimum atomic E-state index is -4.61. The molecule has 1 saturated carbocycles. The highest BCUT2D eigenvalue weighted by Crippen LogP contribution is 2.39. The van der Waals surface area contributed by atoms with Gasteiger partial charge in [-0.15, -0.1) is 0 Å². The average Bonchev–Trinajstić information content (AvgIpc) is 3.21. The Hall–Kier alpha value is -2.25. The number of alkyl halides is 3. The highest BCUT2D eigenvalue weighted by molar-refractivity contribution is 5.97. The molecule has 1 aromatic carbocycles. The van der Waals surface area contributed by atoms with Crippen molar-refractivity contribution in [1.29, 1.82) is 0 Å². The molecule has 1 aliphatic heterocycles. The number of hydrogen-bond acceptors (Lipinski definition) is 2. The Morgan fingerprint density at radius 2 is 2.05 bits per heavy atom. The van der Waals surface area contributed by atoms with Gasteiger partial charge in [-0.05, 0) is 31.0 Å². The molecule has 5 nitrogen and oxygen atoms in total. The monoisotopic (exact) mass is 313 g/mol. The molecule has 0 bridgehead atoms. The largest absolute Gasteiger partial charge is 0.418 e. The minimum absolute atomic E-state index is 0.0904. The van der Waals surface area contributed by atoms with Crippen LogP contribution in [-0.4, -0.2) is 25.0 Å². The standard InChI is InChI=1S/C14H14F3N3O2/c15-14(16,17)10-7-9(19-12(21)8-1-2-8)3-4-11(10)20-6-5-18-13(20)22/h3-4,7-8H,1-2,5-6H2,(H,18,22)(H,19,21). The lowest BCUT2D eigenvalue weighted by atomic mass is 10.1. The van der Waals surface area contributed by atoms with Gasteiger partial charge in [0.25, 0.3) is 0 Å². The van der Waals surface area contributed by atoms with Crippen LogP contribution >= 0.6 is 0 Å². The Labute approximate surface area is 124 Å². The summed E-state index contributed by atoms with van der Waals surface area (Å²) in [5.41, 5.74) is -1.04. The van der Waals surface area contributed by atoms with Gasteiger partial charge in [-0.1, -0.05) is 0 Å². The van der Waals surface area contributed by atoms with Crippen LogP contribution in [0.3, 0.4) is 0 Å². The van der Waals surface area contributed by atoms with Gasteiger partial charge in [0.2, 0.25) is 5.91 Å². The molecule has 8 heteroatoms. The summed E-state index contributed by atoms with van der Waals surface area (Å²) >= 11 is 0. The zero-order valence-electron chi connectivity index (χ0n) is 11.5. The zero-order chi connectivity index (χ0) is 15.9. The number of carbonyl (C=O) groups excluding carboxylic acids is 2. The molecule has 0 aromatic heterocycles. The fraction of sp³-hybridized carbons (Fsp3) is 0.429. The third-order valence-electron chi connectivity index (χ3n) is 3.67. The molecule has 3 rings (SSSR count). The number of nitrogens with one attached hydrogen (secondary N) is 2. The summed E-state index contributed by atoms with van der Waals surface area (Å²) in [5, 5.41) is 4.95. The number of halogens is 3. The second kappa shape index (κ2) is 5.19. The molecular formula is C14H14F3N3O2. The van der Waals surface area contributed by atoms with E-state index in [0.29, 0.717) is 6.54 Å². The van der Waals surface area contributed by atoms with Crippen molar-refractivity contribution < 1.29 is 22.8 Å². The first-order valence-electron chi connectivity index (χ1n) is 6.94. The Bertz CT molecular complexity index is 626. The van der Waals surface area contributed by atoms with Crippen molar-refractivity contribution in [3.05, 3.63) is 23.8 Å². The van der Waals surface area contributed by atoms with Crippen LogP contribution in [0.25, 0.3) is 0 Å². The highest BCUT2D eigenvalue weighted by atomic mass is 19.4. The number of rotatable bonds is 3. The molecule has 1 aromatic rings. The molecule has 1 heterocycles. The fourth-order valence-electron chi connectivity index (χ4n) is 2.37. The molecule has 0 spiro atoms. The molecule has 1 aliphatic carbocycles. The van der Waals surface area contributed by atoms with Crippen LogP contribution in [0.4, 0.5) is 29.3 Å². The van der Waals surface area contributed by atoms with Crippen molar-refractivity contribution in [2.75, 3.05) is 23.3 Å². The second-order valence-electron chi connectivity index (χ2n) is 5.38. The van der Waals surface area contributed by atoms with Gasteiger partial charge in [-0.25, -0.2) is 4.79 Å². The van der Waals surface area contributed by atoms with Gasteiger partial charge >= 0.3 is 12.2 Å². The van der Waals surface area contributed by atoms with Gasteiger partial charge in [0, 0.05) is 24.7 Å². The van der Waals surface area contributed by atoms with Crippen molar-refractivity contribution in [1.82, 2.24) is 5.32 Å². The predicted molar refractivity (Wildman–Crippen MR) is 73.5 cm³/mol. The van der Waals surface area contributed by atoms with Crippen molar-refractivity contribution in [3.63, 3.8) is 0 Å². The number of amides is 3. The molecule has 2 fully saturated rings. The third-order valence-corrected chi connectivity index (χ3v) is 3.67. The van der Waals surface area contributed by atoms with Crippen LogP contribution in [0.1, 0.15) is 18.4 Å². The molecule has 0 unspecified atom stereocenters. The molecule has 3 amide bonds. The smallest absolute Gasteiger partial charge is 0.336 e. The SMILES string of the molecule is O=C(Nc1ccc(N2CCNC2=O)c(C(F)(F)F)c1)C1CC1. The van der Waals surface area contributed by atoms with E-state index in [2.05, 4.69) is 10.6 Å². The lowest BCUT2D eigenvalue weighted by Gasteiger charge is -2.21. The maximum Gasteiger partial charge on any atom is 0.418 e. The summed E-state index contributed by atoms with van der Waals surface area (Å²) in [6, 6.07) is 2.92. The molecular weight excluding hydrogens is 299 g/mol. The number of urea groups is 1. The Morgan fingerprint density at radius 1 is 1.32 bits per heavy atom. The van der Waals surface area contributed by atoms with E-state index in [4.69, 9.17) is 0 Å². The van der Waals surface area contributed by atoms with Crippen LogP contribution in [0.2, 0.25) is 0 Å². The van der Waals surface area contributed by atoms with Crippen LogP contribution in [-0.2, 0) is 11.0 Å². The summed E-state index contributed by atoms with van der Waals surface area (Å²) in [6.07, 6.45) is -3.08. The quantitative estimate of drug-likeness (QED) is 0.901. The summed E-state index contributed by atoms with van der Waals surface area (Å²) < 4.78 is 39.7. The van der Waals surface area contributed by atoms with Gasteiger partial charge in [-0.2, -0.15) is 13.2 Å². The van der Waals surface area contributed by atoms with Crippen molar-refractivity contribution >= 4 is 23.3 Å². The first-order valence-corrected chi connectivity index (χ1v) is 6.94. The number of benzene rings is 1. The molecule has 2 aliphatic rings. The number of nitrogens with zero attached hydrogens (tertiary/aromatic N) is 1. The molecule has 118 valence electrons. The first-order chi connectivity index (χ1) is 10.4. The van der Waals surface area contributed by atoms with E-state index < -0.39 is 17.8 Å². The molecule has 0 atom stereocenters. The van der Waals surface area contributed by atoms with Gasteiger partial charge in [0.05, 0.1) is 11.3 Å². The van der Waals surface area contributed by atoms with Crippen molar-refractivity contribution in [3.8, 4) is 0 Å². The Morgan fingerprint density at radius 3 is 2.59 bits per heavy atom. The molecule has 22 heavy (non-hydrogen) atoms. The number of anilines is 2. The second-order valence-corrected chi connectivity index (χ2v) is 5.38. The van der Waals surface area contributed by atoms with E-state index in [0.717, 1.165) is 23.8 Å². The van der Waals surface area contributed by atoms with E-state index in [9.17, 15) is 22.8 Å². The van der Waals surface area contributed by atoms with Gasteiger partial charge in [0.15, 0.2) is 0 Å². The Balaban J connectivity index is 1.92. The predicted octanol–water partition coefficient (Wildman–Crippen LogP) is 2.58. The topological polar surface area (TPSA) is 61.4 Å². The zero-order valence-corrected chi connectivity index (χ0v) is 11.5. The van der Waals surface area contributed by atoms with Crippen LogP contribution < -0.4 is 15.5 Å². The van der Waals surface area contributed by atoms with Crippen molar-refractivity contribution in [2.24, 2.45) is 5.92 Å². The van der Waals surface area contributed by atoms with Crippen LogP contribution in [0, 0.1) is 5.92 Å². The number of hydrogen-bond donors (Lipinski definition) is 2. The van der Waals surface area contributed by atoms with E-state index in [1.54, 1.807) is 0 Å². The summed E-state index contributed by atoms with van der Waals surface area (Å²) in [7, 11) is 0. The van der Waals surface area contributed by atoms with E-state index in [-0.39, 0.29) is 29.7 Å². The lowest BCUT2D eigenvalue weighted by molar-refractivity contribution is -0.137. The van der Waals surface area contributed by atoms with Gasteiger partial charge in [0.1, 0.15) is 0 Å². The van der Waals surface area contributed by atoms with Gasteiger partial charge < -0.3 is 10.6 Å². The number of carbonyl (C=O) groups is 2. The third kappa shape index (κ3) is 2.86. The molecule has 2 N–H and O–H groups in total. The maximum atomic E-state index is 13.2. The molecule has 1 saturated heterocycles. The van der Waals surface area contributed by atoms with Crippen LogP contribution in [0.5, 0.6) is 0 Å². The van der Waals surface area contributed by atoms with E-state index in [1.807, 2.05) is 0 Å². The van der Waals surface area contributed by atoms with Crippen molar-refractivity contribution in [2.45, 2.75) is 19.0 Å². The van der Waals surface area contributed by atoms with Gasteiger partial charge in [-0.3, -0.25) is 9.69 Å². The van der Waals surface area contributed by atoms with Crippen LogP contribution in [0.15, 0.2) is 18.2 Å². The fourth-order valence-corrected chi connectivity index (χ4v) is 2.37.